The van der Waals surface area contributed by atoms with Gasteiger partial charge in [-0.05, 0) is 40.9 Å². The third-order valence-corrected chi connectivity index (χ3v) is 8.84. The largest absolute Gasteiger partial charge is 0.491 e. The number of ether oxygens (including phenoxy) is 2. The fraction of sp³-hybridized carbons (Fsp3) is 0.152. The SMILES string of the molecule is COc1c(C(=O)O)c2sccc2n(Cc2ccccc2)c1=O.COc1c(C(C)=O)c2sccc2n(Cc2ccccc2)c1=O. The number of hydrogen-bond donors (Lipinski definition) is 1. The van der Waals surface area contributed by atoms with Crippen LogP contribution in [-0.2, 0) is 13.1 Å². The van der Waals surface area contributed by atoms with Crippen LogP contribution in [0.2, 0.25) is 0 Å². The van der Waals surface area contributed by atoms with Crippen LogP contribution in [0, 0.1) is 0 Å². The van der Waals surface area contributed by atoms with Gasteiger partial charge in [-0.3, -0.25) is 23.5 Å². The lowest BCUT2D eigenvalue weighted by Gasteiger charge is -2.13. The van der Waals surface area contributed by atoms with Crippen molar-refractivity contribution in [3.8, 4) is 11.5 Å². The Kier molecular flexibility index (Phi) is 9.07. The standard InChI is InChI=1S/C17H15NO3S.C16H13NO4S/c1-11(19)14-15(21-2)17(20)18(13-8-9-22-16(13)14)10-12-6-4-3-5-7-12;1-21-13-12(16(19)20)14-11(7-8-22-14)17(15(13)18)9-10-5-3-2-4-6-10/h3-9H,10H2,1-2H3;2-8H,9H2,1H3,(H,19,20). The topological polar surface area (TPSA) is 117 Å². The molecule has 0 bridgehead atoms. The smallest absolute Gasteiger partial charge is 0.341 e. The Morgan fingerprint density at radius 2 is 1.09 bits per heavy atom. The number of aromatic nitrogens is 2. The number of carbonyl (C=O) groups is 2. The second-order valence-corrected chi connectivity index (χ2v) is 11.5. The van der Waals surface area contributed by atoms with Gasteiger partial charge in [0, 0.05) is 0 Å². The molecule has 0 fully saturated rings. The Morgan fingerprint density at radius 3 is 1.48 bits per heavy atom. The molecule has 0 aliphatic rings. The average molecular weight is 629 g/mol. The molecule has 6 aromatic rings. The molecule has 4 aromatic heterocycles. The van der Waals surface area contributed by atoms with Crippen molar-refractivity contribution in [2.45, 2.75) is 20.0 Å². The molecule has 0 saturated carbocycles. The maximum atomic E-state index is 12.7. The highest BCUT2D eigenvalue weighted by Gasteiger charge is 2.24. The lowest BCUT2D eigenvalue weighted by atomic mass is 10.1. The monoisotopic (exact) mass is 628 g/mol. The number of benzene rings is 2. The number of carboxylic acid groups (broad SMARTS) is 1. The summed E-state index contributed by atoms with van der Waals surface area (Å²) in [6.07, 6.45) is 0. The van der Waals surface area contributed by atoms with Gasteiger partial charge < -0.3 is 14.6 Å². The predicted octanol–water partition coefficient (Wildman–Crippen LogP) is 6.14. The van der Waals surface area contributed by atoms with Crippen LogP contribution >= 0.6 is 22.7 Å². The van der Waals surface area contributed by atoms with Gasteiger partial charge >= 0.3 is 5.97 Å². The molecule has 224 valence electrons. The number of hydrogen-bond acceptors (Lipinski definition) is 8. The van der Waals surface area contributed by atoms with Gasteiger partial charge in [0.1, 0.15) is 5.56 Å². The summed E-state index contributed by atoms with van der Waals surface area (Å²) in [6, 6.07) is 22.9. The van der Waals surface area contributed by atoms with Crippen LogP contribution in [0.25, 0.3) is 20.4 Å². The van der Waals surface area contributed by atoms with Gasteiger partial charge in [-0.25, -0.2) is 4.79 Å². The van der Waals surface area contributed by atoms with Gasteiger partial charge in [0.15, 0.2) is 11.5 Å². The maximum absolute atomic E-state index is 12.7. The molecular weight excluding hydrogens is 601 g/mol. The minimum atomic E-state index is -1.16. The first kappa shape index (κ1) is 30.5. The van der Waals surface area contributed by atoms with Crippen LogP contribution in [0.4, 0.5) is 0 Å². The van der Waals surface area contributed by atoms with E-state index in [2.05, 4.69) is 0 Å². The Morgan fingerprint density at radius 1 is 0.682 bits per heavy atom. The minimum absolute atomic E-state index is 0.0678. The van der Waals surface area contributed by atoms with Gasteiger partial charge in [-0.15, -0.1) is 22.7 Å². The third kappa shape index (κ3) is 5.79. The zero-order chi connectivity index (χ0) is 31.4. The molecule has 11 heteroatoms. The van der Waals surface area contributed by atoms with Crippen molar-refractivity contribution < 1.29 is 24.2 Å². The summed E-state index contributed by atoms with van der Waals surface area (Å²) < 4.78 is 14.9. The number of nitrogens with zero attached hydrogens (tertiary/aromatic N) is 2. The van der Waals surface area contributed by atoms with Gasteiger partial charge in [0.25, 0.3) is 11.1 Å². The quantitative estimate of drug-likeness (QED) is 0.201. The summed E-state index contributed by atoms with van der Waals surface area (Å²) in [5, 5.41) is 13.1. The Balaban J connectivity index is 0.000000175. The first-order chi connectivity index (χ1) is 21.3. The number of ketones is 1. The summed E-state index contributed by atoms with van der Waals surface area (Å²) in [6.45, 7) is 2.27. The van der Waals surface area contributed by atoms with Crippen LogP contribution in [0.15, 0.2) is 93.1 Å². The van der Waals surface area contributed by atoms with Crippen LogP contribution in [0.1, 0.15) is 38.8 Å². The summed E-state index contributed by atoms with van der Waals surface area (Å²) in [5.74, 6) is -1.32. The predicted molar refractivity (Wildman–Crippen MR) is 173 cm³/mol. The molecule has 0 saturated heterocycles. The number of fused-ring (bicyclic) bond motifs is 2. The number of carbonyl (C=O) groups excluding carboxylic acids is 1. The molecule has 0 radical (unpaired) electrons. The second-order valence-electron chi connectivity index (χ2n) is 9.70. The van der Waals surface area contributed by atoms with Crippen LogP contribution in [-0.4, -0.2) is 40.2 Å². The van der Waals surface area contributed by atoms with Crippen molar-refractivity contribution in [2.75, 3.05) is 14.2 Å². The molecule has 0 unspecified atom stereocenters. The van der Waals surface area contributed by atoms with E-state index in [1.807, 2.05) is 72.1 Å². The van der Waals surface area contributed by atoms with Gasteiger partial charge in [0.2, 0.25) is 5.75 Å². The molecule has 0 atom stereocenters. The Bertz CT molecular complexity index is 1940. The normalized spacial score (nSPS) is 10.8. The second kappa shape index (κ2) is 13.1. The first-order valence-corrected chi connectivity index (χ1v) is 15.2. The molecule has 0 aliphatic carbocycles. The molecule has 6 rings (SSSR count). The summed E-state index contributed by atoms with van der Waals surface area (Å²) in [5.41, 5.74) is 2.96. The summed E-state index contributed by atoms with van der Waals surface area (Å²) in [7, 11) is 2.74. The van der Waals surface area contributed by atoms with Crippen LogP contribution in [0.5, 0.6) is 11.5 Å². The molecule has 1 N–H and O–H groups in total. The van der Waals surface area contributed by atoms with E-state index in [0.29, 0.717) is 28.9 Å². The van der Waals surface area contributed by atoms with Crippen LogP contribution < -0.4 is 20.6 Å². The highest BCUT2D eigenvalue weighted by atomic mass is 32.1. The number of aromatic carboxylic acids is 1. The minimum Gasteiger partial charge on any atom is -0.491 e. The van der Waals surface area contributed by atoms with E-state index in [4.69, 9.17) is 9.47 Å². The van der Waals surface area contributed by atoms with E-state index < -0.39 is 11.5 Å². The molecule has 2 aromatic carbocycles. The fourth-order valence-corrected chi connectivity index (χ4v) is 6.94. The van der Waals surface area contributed by atoms with Crippen molar-refractivity contribution in [1.29, 1.82) is 0 Å². The molecule has 4 heterocycles. The zero-order valence-corrected chi connectivity index (χ0v) is 25.7. The lowest BCUT2D eigenvalue weighted by molar-refractivity contribution is 0.0695. The van der Waals surface area contributed by atoms with E-state index >= 15 is 0 Å². The van der Waals surface area contributed by atoms with E-state index in [-0.39, 0.29) is 28.4 Å². The molecule has 9 nitrogen and oxygen atoms in total. The van der Waals surface area contributed by atoms with Gasteiger partial charge in [-0.1, -0.05) is 60.7 Å². The number of rotatable bonds is 8. The highest BCUT2D eigenvalue weighted by Crippen LogP contribution is 2.31. The van der Waals surface area contributed by atoms with Crippen molar-refractivity contribution in [3.63, 3.8) is 0 Å². The highest BCUT2D eigenvalue weighted by molar-refractivity contribution is 7.17. The number of carboxylic acids is 1. The van der Waals surface area contributed by atoms with E-state index in [0.717, 1.165) is 21.3 Å². The van der Waals surface area contributed by atoms with Crippen molar-refractivity contribution in [3.05, 3.63) is 127 Å². The molecule has 44 heavy (non-hydrogen) atoms. The fourth-order valence-electron chi connectivity index (χ4n) is 5.03. The third-order valence-electron chi connectivity index (χ3n) is 7.00. The summed E-state index contributed by atoms with van der Waals surface area (Å²) in [4.78, 5) is 48.8. The number of pyridine rings is 2. The number of methoxy groups -OCH3 is 2. The van der Waals surface area contributed by atoms with E-state index in [1.165, 1.54) is 43.8 Å². The first-order valence-electron chi connectivity index (χ1n) is 13.4. The lowest BCUT2D eigenvalue weighted by Crippen LogP contribution is -2.24. The van der Waals surface area contributed by atoms with Gasteiger partial charge in [-0.2, -0.15) is 0 Å². The maximum Gasteiger partial charge on any atom is 0.341 e. The number of thiophene rings is 2. The Labute approximate surface area is 259 Å². The van der Waals surface area contributed by atoms with Crippen molar-refractivity contribution in [1.82, 2.24) is 9.13 Å². The molecular formula is C33H28N2O7S2. The molecule has 0 amide bonds. The zero-order valence-electron chi connectivity index (χ0n) is 24.1. The summed E-state index contributed by atoms with van der Waals surface area (Å²) >= 11 is 2.73. The molecule has 0 aliphatic heterocycles. The van der Waals surface area contributed by atoms with Crippen molar-refractivity contribution in [2.24, 2.45) is 0 Å². The van der Waals surface area contributed by atoms with Crippen LogP contribution in [0.3, 0.4) is 0 Å². The van der Waals surface area contributed by atoms with Gasteiger partial charge in [0.05, 0.1) is 53.3 Å². The molecule has 0 spiro atoms. The average Bonchev–Trinajstić information content (AvgIpc) is 3.71. The number of Topliss-reactive ketones (excluding diaryl/α,β-unsaturated/α-hetero) is 1. The Hall–Kier alpha value is -5.00. The van der Waals surface area contributed by atoms with E-state index in [1.54, 1.807) is 20.6 Å². The van der Waals surface area contributed by atoms with E-state index in [9.17, 15) is 24.3 Å². The van der Waals surface area contributed by atoms with Crippen molar-refractivity contribution >= 4 is 54.9 Å².